The number of allylic oxidation sites excluding steroid dienone is 1. The minimum atomic E-state index is -1.16. The number of hydrazone groups is 1. The molecule has 0 aromatic heterocycles. The summed E-state index contributed by atoms with van der Waals surface area (Å²) in [5.74, 6) is 0.751. The van der Waals surface area contributed by atoms with E-state index in [2.05, 4.69) is 53.0 Å². The van der Waals surface area contributed by atoms with E-state index in [1.165, 1.54) is 7.11 Å². The highest BCUT2D eigenvalue weighted by Gasteiger charge is 2.32. The number of nitrogens with zero attached hydrogens (tertiary/aromatic N) is 1. The molecule has 0 fully saturated rings. The normalized spacial score (nSPS) is 15.3. The summed E-state index contributed by atoms with van der Waals surface area (Å²) in [6.07, 6.45) is 0.381. The van der Waals surface area contributed by atoms with Gasteiger partial charge in [-0.15, -0.1) is 0 Å². The third-order valence-corrected chi connectivity index (χ3v) is 7.41. The maximum atomic E-state index is 12.5. The molecule has 4 rings (SSSR count). The minimum Gasteiger partial charge on any atom is -0.490 e. The van der Waals surface area contributed by atoms with Crippen LogP contribution < -0.4 is 30.3 Å². The van der Waals surface area contributed by atoms with E-state index in [4.69, 9.17) is 18.9 Å². The number of aliphatic hydroxyl groups is 1. The maximum Gasteiger partial charge on any atom is 0.337 e. The number of hydrogen-bond acceptors (Lipinski definition) is 9. The van der Waals surface area contributed by atoms with E-state index in [0.29, 0.717) is 47.3 Å². The Labute approximate surface area is 271 Å². The molecule has 232 valence electrons. The molecule has 1 aliphatic heterocycles. The van der Waals surface area contributed by atoms with Crippen LogP contribution in [0.25, 0.3) is 0 Å². The highest BCUT2D eigenvalue weighted by atomic mass is 79.9. The van der Waals surface area contributed by atoms with Crippen LogP contribution in [-0.4, -0.2) is 49.9 Å². The Balaban J connectivity index is 1.42. The summed E-state index contributed by atoms with van der Waals surface area (Å²) in [6, 6.07) is 17.3. The first-order valence-electron chi connectivity index (χ1n) is 13.6. The molecule has 2 amide bonds. The SMILES string of the molecule is CCOc1cc([C@@H]2NC(=O)NC(C)=C2C(=O)OC)ccc1OC[C@@H](O)N/N=C/c1cc(Br)cc(Br)c1OCc1ccccc1. The van der Waals surface area contributed by atoms with Crippen molar-refractivity contribution < 1.29 is 33.6 Å². The fourth-order valence-corrected chi connectivity index (χ4v) is 5.75. The number of benzene rings is 3. The third-order valence-electron chi connectivity index (χ3n) is 6.36. The molecule has 0 spiro atoms. The molecule has 0 radical (unpaired) electrons. The first-order valence-corrected chi connectivity index (χ1v) is 15.2. The summed E-state index contributed by atoms with van der Waals surface area (Å²) in [6.45, 7) is 3.99. The average molecular weight is 732 g/mol. The summed E-state index contributed by atoms with van der Waals surface area (Å²) in [5.41, 5.74) is 5.60. The monoisotopic (exact) mass is 730 g/mol. The molecule has 2 atom stereocenters. The van der Waals surface area contributed by atoms with Gasteiger partial charge in [0.25, 0.3) is 0 Å². The predicted molar refractivity (Wildman–Crippen MR) is 172 cm³/mol. The topological polar surface area (TPSA) is 140 Å². The second kappa shape index (κ2) is 15.6. The van der Waals surface area contributed by atoms with Gasteiger partial charge >= 0.3 is 12.0 Å². The highest BCUT2D eigenvalue weighted by molar-refractivity contribution is 9.11. The van der Waals surface area contributed by atoms with Gasteiger partial charge < -0.3 is 34.7 Å². The van der Waals surface area contributed by atoms with Crippen molar-refractivity contribution in [2.24, 2.45) is 5.10 Å². The molecule has 0 unspecified atom stereocenters. The molecule has 0 aliphatic carbocycles. The molecule has 3 aromatic carbocycles. The lowest BCUT2D eigenvalue weighted by Crippen LogP contribution is -2.45. The first-order chi connectivity index (χ1) is 21.2. The third kappa shape index (κ3) is 8.52. The Bertz CT molecular complexity index is 1550. The van der Waals surface area contributed by atoms with Crippen LogP contribution >= 0.6 is 31.9 Å². The molecule has 11 nitrogen and oxygen atoms in total. The van der Waals surface area contributed by atoms with Gasteiger partial charge in [0.05, 0.1) is 36.0 Å². The lowest BCUT2D eigenvalue weighted by atomic mass is 9.95. The van der Waals surface area contributed by atoms with E-state index < -0.39 is 24.3 Å². The van der Waals surface area contributed by atoms with E-state index >= 15 is 0 Å². The Kier molecular flexibility index (Phi) is 11.6. The van der Waals surface area contributed by atoms with Crippen LogP contribution in [0, 0.1) is 0 Å². The van der Waals surface area contributed by atoms with Crippen molar-refractivity contribution in [1.82, 2.24) is 16.1 Å². The standard InChI is InChI=1S/C31H32Br2N4O7/c1-4-42-25-13-20(28-27(30(39)41-3)18(2)35-31(40)36-28)10-11-24(25)43-17-26(38)37-34-15-21-12-22(32)14-23(33)29(21)44-16-19-8-6-5-7-9-19/h5-15,26,28,37-38H,4,16-17H2,1-3H3,(H2,35,36,40)/b34-15+/t26-,28+/m1/s1. The quantitative estimate of drug-likeness (QED) is 0.0803. The van der Waals surface area contributed by atoms with Gasteiger partial charge in [-0.1, -0.05) is 52.3 Å². The van der Waals surface area contributed by atoms with Gasteiger partial charge in [-0.05, 0) is 65.2 Å². The molecule has 0 bridgehead atoms. The van der Waals surface area contributed by atoms with E-state index in [0.717, 1.165) is 14.5 Å². The molecule has 0 saturated heterocycles. The molecule has 13 heteroatoms. The second-order valence-electron chi connectivity index (χ2n) is 9.50. The van der Waals surface area contributed by atoms with Gasteiger partial charge in [-0.2, -0.15) is 5.10 Å². The number of esters is 1. The van der Waals surface area contributed by atoms with E-state index in [1.54, 1.807) is 31.3 Å². The van der Waals surface area contributed by atoms with Crippen molar-refractivity contribution in [3.8, 4) is 17.2 Å². The number of nitrogens with one attached hydrogen (secondary N) is 3. The molecule has 44 heavy (non-hydrogen) atoms. The first kappa shape index (κ1) is 32.8. The number of amides is 2. The fraction of sp³-hybridized carbons (Fsp3) is 0.258. The molecule has 1 aliphatic rings. The van der Waals surface area contributed by atoms with Gasteiger partial charge in [0.2, 0.25) is 0 Å². The summed E-state index contributed by atoms with van der Waals surface area (Å²) < 4.78 is 24.1. The zero-order valence-electron chi connectivity index (χ0n) is 24.2. The Morgan fingerprint density at radius 3 is 2.59 bits per heavy atom. The van der Waals surface area contributed by atoms with Crippen LogP contribution in [0.5, 0.6) is 17.2 Å². The predicted octanol–water partition coefficient (Wildman–Crippen LogP) is 5.31. The Morgan fingerprint density at radius 1 is 1.09 bits per heavy atom. The summed E-state index contributed by atoms with van der Waals surface area (Å²) in [4.78, 5) is 24.6. The lowest BCUT2D eigenvalue weighted by Gasteiger charge is -2.28. The maximum absolute atomic E-state index is 12.5. The van der Waals surface area contributed by atoms with E-state index in [-0.39, 0.29) is 12.2 Å². The lowest BCUT2D eigenvalue weighted by molar-refractivity contribution is -0.136. The number of methoxy groups -OCH3 is 1. The number of rotatable bonds is 13. The fourth-order valence-electron chi connectivity index (χ4n) is 4.37. The van der Waals surface area contributed by atoms with E-state index in [1.807, 2.05) is 49.4 Å². The molecule has 1 heterocycles. The van der Waals surface area contributed by atoms with Gasteiger partial charge in [0.1, 0.15) is 19.0 Å². The molecule has 0 saturated carbocycles. The zero-order chi connectivity index (χ0) is 31.6. The highest BCUT2D eigenvalue weighted by Crippen LogP contribution is 2.35. The van der Waals surface area contributed by atoms with Crippen LogP contribution in [0.1, 0.15) is 36.6 Å². The van der Waals surface area contributed by atoms with Gasteiger partial charge in [-0.25, -0.2) is 9.59 Å². The largest absolute Gasteiger partial charge is 0.490 e. The van der Waals surface area contributed by atoms with Crippen LogP contribution in [0.4, 0.5) is 4.79 Å². The zero-order valence-corrected chi connectivity index (χ0v) is 27.4. The minimum absolute atomic E-state index is 0.160. The summed E-state index contributed by atoms with van der Waals surface area (Å²) >= 11 is 7.03. The van der Waals surface area contributed by atoms with Crippen LogP contribution in [0.15, 0.2) is 86.0 Å². The molecule has 4 N–H and O–H groups in total. The van der Waals surface area contributed by atoms with Crippen LogP contribution in [-0.2, 0) is 16.1 Å². The van der Waals surface area contributed by atoms with Crippen molar-refractivity contribution in [3.05, 3.63) is 97.6 Å². The van der Waals surface area contributed by atoms with Gasteiger partial charge in [0.15, 0.2) is 17.7 Å². The van der Waals surface area contributed by atoms with E-state index in [9.17, 15) is 14.7 Å². The van der Waals surface area contributed by atoms with Crippen molar-refractivity contribution in [2.45, 2.75) is 32.7 Å². The Hall–Kier alpha value is -4.07. The van der Waals surface area contributed by atoms with Crippen LogP contribution in [0.2, 0.25) is 0 Å². The smallest absolute Gasteiger partial charge is 0.337 e. The average Bonchev–Trinajstić information content (AvgIpc) is 3.00. The second-order valence-corrected chi connectivity index (χ2v) is 11.3. The Morgan fingerprint density at radius 2 is 1.86 bits per heavy atom. The van der Waals surface area contributed by atoms with Crippen molar-refractivity contribution in [3.63, 3.8) is 0 Å². The number of ether oxygens (including phenoxy) is 4. The molecule has 3 aromatic rings. The molecular weight excluding hydrogens is 700 g/mol. The van der Waals surface area contributed by atoms with Gasteiger partial charge in [-0.3, -0.25) is 5.43 Å². The summed E-state index contributed by atoms with van der Waals surface area (Å²) in [7, 11) is 1.28. The van der Waals surface area contributed by atoms with Crippen LogP contribution in [0.3, 0.4) is 0 Å². The summed E-state index contributed by atoms with van der Waals surface area (Å²) in [5, 5.41) is 20.0. The number of carbonyl (C=O) groups is 2. The van der Waals surface area contributed by atoms with Crippen molar-refractivity contribution in [1.29, 1.82) is 0 Å². The van der Waals surface area contributed by atoms with Crippen molar-refractivity contribution >= 4 is 50.1 Å². The van der Waals surface area contributed by atoms with Crippen molar-refractivity contribution in [2.75, 3.05) is 20.3 Å². The number of urea groups is 1. The van der Waals surface area contributed by atoms with Gasteiger partial charge in [0, 0.05) is 15.7 Å². The number of aliphatic hydroxyl groups excluding tert-OH is 1. The number of carbonyl (C=O) groups excluding carboxylic acids is 2. The molecular formula is C31H32Br2N4O7. The number of hydrogen-bond donors (Lipinski definition) is 4. The number of halogens is 2.